The molecule has 0 bridgehead atoms. The van der Waals surface area contributed by atoms with E-state index in [9.17, 15) is 4.79 Å². The predicted molar refractivity (Wildman–Crippen MR) is 81.5 cm³/mol. The highest BCUT2D eigenvalue weighted by atomic mass is 35.5. The van der Waals surface area contributed by atoms with Crippen LogP contribution in [0.25, 0.3) is 0 Å². The van der Waals surface area contributed by atoms with Crippen molar-refractivity contribution in [3.8, 4) is 11.5 Å². The van der Waals surface area contributed by atoms with Crippen molar-refractivity contribution in [3.05, 3.63) is 52.3 Å². The van der Waals surface area contributed by atoms with Crippen molar-refractivity contribution in [1.29, 1.82) is 0 Å². The first-order valence-electron chi connectivity index (χ1n) is 6.55. The van der Waals surface area contributed by atoms with Gasteiger partial charge in [0.2, 0.25) is 0 Å². The second-order valence-corrected chi connectivity index (χ2v) is 5.48. The van der Waals surface area contributed by atoms with Crippen molar-refractivity contribution in [2.24, 2.45) is 0 Å². The summed E-state index contributed by atoms with van der Waals surface area (Å²) in [5, 5.41) is 9.84. The molecule has 0 atom stereocenters. The third kappa shape index (κ3) is 3.34. The van der Waals surface area contributed by atoms with Gasteiger partial charge in [0.25, 0.3) is 0 Å². The smallest absolute Gasteiger partial charge is 0.341 e. The molecular weight excluding hydrogens is 290 g/mol. The minimum Gasteiger partial charge on any atom is -0.477 e. The molecule has 0 aliphatic heterocycles. The Labute approximate surface area is 128 Å². The zero-order valence-electron chi connectivity index (χ0n) is 12.1. The number of carboxylic acids is 1. The number of benzene rings is 1. The van der Waals surface area contributed by atoms with Crippen LogP contribution in [0, 0.1) is 6.92 Å². The monoisotopic (exact) mass is 305 g/mol. The molecule has 0 amide bonds. The maximum absolute atomic E-state index is 11.2. The number of carbonyl (C=O) groups is 1. The summed E-state index contributed by atoms with van der Waals surface area (Å²) in [7, 11) is 0. The fraction of sp³-hybridized carbons (Fsp3) is 0.250. The van der Waals surface area contributed by atoms with E-state index in [1.165, 1.54) is 18.5 Å². The molecule has 5 heteroatoms. The lowest BCUT2D eigenvalue weighted by atomic mass is 10.0. The van der Waals surface area contributed by atoms with E-state index >= 15 is 0 Å². The zero-order chi connectivity index (χ0) is 15.6. The number of aromatic carboxylic acids is 1. The fourth-order valence-electron chi connectivity index (χ4n) is 1.97. The molecule has 4 nitrogen and oxygen atoms in total. The topological polar surface area (TPSA) is 59.4 Å². The number of ether oxygens (including phenoxy) is 1. The summed E-state index contributed by atoms with van der Waals surface area (Å²) < 4.78 is 5.77. The van der Waals surface area contributed by atoms with E-state index in [2.05, 4.69) is 4.98 Å². The number of pyridine rings is 1. The van der Waals surface area contributed by atoms with Gasteiger partial charge >= 0.3 is 5.97 Å². The lowest BCUT2D eigenvalue weighted by Crippen LogP contribution is -2.02. The van der Waals surface area contributed by atoms with Crippen LogP contribution in [0.2, 0.25) is 5.02 Å². The maximum Gasteiger partial charge on any atom is 0.341 e. The van der Waals surface area contributed by atoms with Gasteiger partial charge in [0.05, 0.1) is 0 Å². The van der Waals surface area contributed by atoms with Crippen LogP contribution in [-0.4, -0.2) is 16.1 Å². The first kappa shape index (κ1) is 15.3. The Balaban J connectivity index is 2.45. The van der Waals surface area contributed by atoms with E-state index in [1.807, 2.05) is 32.9 Å². The van der Waals surface area contributed by atoms with Gasteiger partial charge in [-0.05, 0) is 36.1 Å². The van der Waals surface area contributed by atoms with E-state index in [0.717, 1.165) is 11.1 Å². The summed E-state index contributed by atoms with van der Waals surface area (Å²) in [6, 6.07) is 5.22. The minimum atomic E-state index is -1.08. The molecule has 21 heavy (non-hydrogen) atoms. The predicted octanol–water partition coefficient (Wildman–Crippen LogP) is 4.66. The number of carboxylic acid groups (broad SMARTS) is 1. The average Bonchev–Trinajstić information content (AvgIpc) is 2.41. The van der Waals surface area contributed by atoms with Crippen LogP contribution < -0.4 is 4.74 Å². The maximum atomic E-state index is 11.2. The van der Waals surface area contributed by atoms with E-state index in [4.69, 9.17) is 21.4 Å². The fourth-order valence-corrected chi connectivity index (χ4v) is 2.41. The van der Waals surface area contributed by atoms with Gasteiger partial charge in [-0.15, -0.1) is 0 Å². The molecule has 2 rings (SSSR count). The second-order valence-electron chi connectivity index (χ2n) is 5.07. The molecule has 0 unspecified atom stereocenters. The number of nitrogens with zero attached hydrogens (tertiary/aromatic N) is 1. The van der Waals surface area contributed by atoms with Crippen molar-refractivity contribution in [2.75, 3.05) is 0 Å². The van der Waals surface area contributed by atoms with Crippen molar-refractivity contribution < 1.29 is 14.6 Å². The van der Waals surface area contributed by atoms with Gasteiger partial charge in [0.1, 0.15) is 17.1 Å². The van der Waals surface area contributed by atoms with Crippen molar-refractivity contribution in [2.45, 2.75) is 26.7 Å². The highest BCUT2D eigenvalue weighted by molar-refractivity contribution is 6.31. The van der Waals surface area contributed by atoms with E-state index in [0.29, 0.717) is 10.8 Å². The quantitative estimate of drug-likeness (QED) is 0.892. The highest BCUT2D eigenvalue weighted by Gasteiger charge is 2.15. The van der Waals surface area contributed by atoms with Gasteiger partial charge in [-0.25, -0.2) is 4.79 Å². The Morgan fingerprint density at radius 2 is 2.05 bits per heavy atom. The average molecular weight is 306 g/mol. The molecule has 0 aliphatic carbocycles. The van der Waals surface area contributed by atoms with Crippen LogP contribution in [0.3, 0.4) is 0 Å². The second kappa shape index (κ2) is 6.14. The first-order valence-corrected chi connectivity index (χ1v) is 6.93. The summed E-state index contributed by atoms with van der Waals surface area (Å²) in [4.78, 5) is 15.0. The van der Waals surface area contributed by atoms with E-state index < -0.39 is 5.97 Å². The first-order chi connectivity index (χ1) is 9.90. The van der Waals surface area contributed by atoms with Crippen LogP contribution in [-0.2, 0) is 0 Å². The van der Waals surface area contributed by atoms with Gasteiger partial charge in [0, 0.05) is 23.5 Å². The molecule has 1 aromatic heterocycles. The van der Waals surface area contributed by atoms with Crippen molar-refractivity contribution in [3.63, 3.8) is 0 Å². The highest BCUT2D eigenvalue weighted by Crippen LogP contribution is 2.34. The number of aryl methyl sites for hydroxylation is 1. The Bertz CT molecular complexity index is 683. The lowest BCUT2D eigenvalue weighted by molar-refractivity contribution is 0.0693. The summed E-state index contributed by atoms with van der Waals surface area (Å²) in [6.45, 7) is 5.94. The summed E-state index contributed by atoms with van der Waals surface area (Å²) in [5.41, 5.74) is 1.83. The van der Waals surface area contributed by atoms with E-state index in [-0.39, 0.29) is 17.2 Å². The zero-order valence-corrected chi connectivity index (χ0v) is 12.8. The van der Waals surface area contributed by atoms with Crippen LogP contribution in [0.5, 0.6) is 11.5 Å². The van der Waals surface area contributed by atoms with Gasteiger partial charge < -0.3 is 9.84 Å². The Morgan fingerprint density at radius 1 is 1.33 bits per heavy atom. The lowest BCUT2D eigenvalue weighted by Gasteiger charge is -2.15. The molecule has 0 saturated carbocycles. The minimum absolute atomic E-state index is 0.0259. The molecule has 1 aromatic carbocycles. The molecule has 0 saturated heterocycles. The third-order valence-electron chi connectivity index (χ3n) is 3.15. The number of aromatic nitrogens is 1. The molecule has 1 heterocycles. The summed E-state index contributed by atoms with van der Waals surface area (Å²) in [5.74, 6) is 0.0278. The largest absolute Gasteiger partial charge is 0.477 e. The van der Waals surface area contributed by atoms with Gasteiger partial charge in [-0.1, -0.05) is 25.4 Å². The Kier molecular flexibility index (Phi) is 4.48. The third-order valence-corrected chi connectivity index (χ3v) is 3.47. The Hall–Kier alpha value is -2.07. The molecule has 0 spiro atoms. The standard InChI is InChI=1S/C16H16ClNO3/c1-9(2)11-7-15(10(3)6-13(11)17)21-14-4-5-18-8-12(14)16(19)20/h4-9H,1-3H3,(H,19,20). The normalized spacial score (nSPS) is 10.7. The molecule has 110 valence electrons. The van der Waals surface area contributed by atoms with Crippen molar-refractivity contribution in [1.82, 2.24) is 4.98 Å². The molecule has 0 fully saturated rings. The number of halogens is 1. The molecule has 0 aliphatic rings. The van der Waals surface area contributed by atoms with Gasteiger partial charge in [-0.2, -0.15) is 0 Å². The molecule has 1 N–H and O–H groups in total. The number of hydrogen-bond acceptors (Lipinski definition) is 3. The summed E-state index contributed by atoms with van der Waals surface area (Å²) >= 11 is 6.22. The molecular formula is C16H16ClNO3. The van der Waals surface area contributed by atoms with Gasteiger partial charge in [0.15, 0.2) is 0 Å². The molecule has 0 radical (unpaired) electrons. The number of rotatable bonds is 4. The summed E-state index contributed by atoms with van der Waals surface area (Å²) in [6.07, 6.45) is 2.77. The SMILES string of the molecule is Cc1cc(Cl)c(C(C)C)cc1Oc1ccncc1C(=O)O. The van der Waals surface area contributed by atoms with E-state index in [1.54, 1.807) is 0 Å². The Morgan fingerprint density at radius 3 is 2.67 bits per heavy atom. The van der Waals surface area contributed by atoms with Crippen LogP contribution in [0.1, 0.15) is 41.3 Å². The van der Waals surface area contributed by atoms with Crippen LogP contribution in [0.4, 0.5) is 0 Å². The van der Waals surface area contributed by atoms with Crippen LogP contribution in [0.15, 0.2) is 30.6 Å². The number of hydrogen-bond donors (Lipinski definition) is 1. The molecule has 2 aromatic rings. The van der Waals surface area contributed by atoms with Gasteiger partial charge in [-0.3, -0.25) is 4.98 Å². The van der Waals surface area contributed by atoms with Crippen molar-refractivity contribution >= 4 is 17.6 Å². The van der Waals surface area contributed by atoms with Crippen LogP contribution >= 0.6 is 11.6 Å².